The van der Waals surface area contributed by atoms with E-state index in [2.05, 4.69) is 38.3 Å². The average Bonchev–Trinajstić information content (AvgIpc) is 3.09. The highest BCUT2D eigenvalue weighted by molar-refractivity contribution is 9.10. The zero-order valence-electron chi connectivity index (χ0n) is 16.3. The van der Waals surface area contributed by atoms with E-state index in [1.54, 1.807) is 32.1 Å². The Morgan fingerprint density at radius 2 is 2.21 bits per heavy atom. The predicted octanol–water partition coefficient (Wildman–Crippen LogP) is 3.92. The number of aryl methyl sites for hydroxylation is 1. The molecule has 0 bridgehead atoms. The molecule has 0 aliphatic carbocycles. The third-order valence-corrected chi connectivity index (χ3v) is 5.02. The molecule has 0 saturated carbocycles. The van der Waals surface area contributed by atoms with Crippen LogP contribution in [0.15, 0.2) is 57.2 Å². The first-order valence-corrected chi connectivity index (χ1v) is 9.62. The van der Waals surface area contributed by atoms with Crippen molar-refractivity contribution in [2.24, 2.45) is 0 Å². The number of methoxy groups -OCH3 is 1. The van der Waals surface area contributed by atoms with Gasteiger partial charge in [0, 0.05) is 28.3 Å². The fraction of sp³-hybridized carbons (Fsp3) is 0.250. The highest BCUT2D eigenvalue weighted by Crippen LogP contribution is 2.37. The Balaban J connectivity index is 2.10. The first-order valence-electron chi connectivity index (χ1n) is 8.83. The van der Waals surface area contributed by atoms with Gasteiger partial charge in [0.1, 0.15) is 11.5 Å². The number of aromatic nitrogens is 1. The van der Waals surface area contributed by atoms with Crippen LogP contribution in [0.25, 0.3) is 0 Å². The lowest BCUT2D eigenvalue weighted by Gasteiger charge is -2.35. The highest BCUT2D eigenvalue weighted by atomic mass is 79.9. The Labute approximate surface area is 176 Å². The monoisotopic (exact) mass is 460 g/mol. The van der Waals surface area contributed by atoms with Gasteiger partial charge < -0.3 is 19.9 Å². The van der Waals surface area contributed by atoms with Crippen molar-refractivity contribution >= 4 is 33.7 Å². The molecule has 152 valence electrons. The smallest absolute Gasteiger partial charge is 0.322 e. The molecule has 29 heavy (non-hydrogen) atoms. The van der Waals surface area contributed by atoms with Crippen LogP contribution < -0.4 is 15.4 Å². The van der Waals surface area contributed by atoms with Crippen molar-refractivity contribution in [2.45, 2.75) is 19.9 Å². The maximum Gasteiger partial charge on any atom is 0.322 e. The minimum atomic E-state index is -0.719. The van der Waals surface area contributed by atoms with E-state index in [9.17, 15) is 9.59 Å². The topological polar surface area (TPSA) is 96.7 Å². The normalized spacial score (nSPS) is 16.5. The molecular weight excluding hydrogens is 440 g/mol. The summed E-state index contributed by atoms with van der Waals surface area (Å²) in [6.07, 6.45) is 1.60. The van der Waals surface area contributed by atoms with Crippen LogP contribution in [0.1, 0.15) is 24.3 Å². The largest absolute Gasteiger partial charge is 0.496 e. The van der Waals surface area contributed by atoms with Crippen LogP contribution in [-0.2, 0) is 4.79 Å². The van der Waals surface area contributed by atoms with Gasteiger partial charge in [0.05, 0.1) is 18.7 Å². The second-order valence-electron chi connectivity index (χ2n) is 6.44. The number of hydrogen-bond donors (Lipinski definition) is 2. The number of nitrogens with zero attached hydrogens (tertiary/aromatic N) is 2. The van der Waals surface area contributed by atoms with E-state index in [1.807, 2.05) is 12.1 Å². The van der Waals surface area contributed by atoms with Crippen molar-refractivity contribution in [3.63, 3.8) is 0 Å². The van der Waals surface area contributed by atoms with E-state index in [4.69, 9.17) is 9.26 Å². The molecule has 0 radical (unpaired) electrons. The van der Waals surface area contributed by atoms with Crippen molar-refractivity contribution in [1.29, 1.82) is 0 Å². The van der Waals surface area contributed by atoms with E-state index >= 15 is 0 Å². The summed E-state index contributed by atoms with van der Waals surface area (Å²) < 4.78 is 11.3. The molecule has 1 atom stereocenters. The second kappa shape index (κ2) is 8.52. The highest BCUT2D eigenvalue weighted by Gasteiger charge is 2.37. The molecule has 3 rings (SSSR count). The molecule has 2 heterocycles. The number of benzene rings is 1. The summed E-state index contributed by atoms with van der Waals surface area (Å²) in [5, 5.41) is 9.44. The molecule has 0 unspecified atom stereocenters. The molecule has 1 aliphatic rings. The van der Waals surface area contributed by atoms with Crippen molar-refractivity contribution in [2.75, 3.05) is 19.0 Å². The number of nitrogens with one attached hydrogen (secondary N) is 2. The summed E-state index contributed by atoms with van der Waals surface area (Å²) in [6.45, 7) is 7.41. The average molecular weight is 461 g/mol. The summed E-state index contributed by atoms with van der Waals surface area (Å²) in [5.41, 5.74) is 1.52. The van der Waals surface area contributed by atoms with Gasteiger partial charge in [0.25, 0.3) is 5.91 Å². The van der Waals surface area contributed by atoms with Gasteiger partial charge in [-0.3, -0.25) is 9.69 Å². The van der Waals surface area contributed by atoms with Gasteiger partial charge in [-0.1, -0.05) is 27.2 Å². The second-order valence-corrected chi connectivity index (χ2v) is 7.36. The van der Waals surface area contributed by atoms with Crippen LogP contribution in [-0.4, -0.2) is 35.6 Å². The standard InChI is InChI=1S/C20H21BrN4O4/c1-5-8-25-12(3)17(19(26)22-16-9-11(2)29-24-16)18(23-20(25)27)14-10-13(21)6-7-15(14)28-4/h5-7,9-10,18H,1,8H2,2-4H3,(H,23,27)(H,22,24,26)/t18-/m0/s1. The molecule has 2 N–H and O–H groups in total. The minimum Gasteiger partial charge on any atom is -0.496 e. The molecule has 2 aromatic rings. The van der Waals surface area contributed by atoms with E-state index in [1.165, 1.54) is 12.0 Å². The molecule has 0 spiro atoms. The molecule has 1 aromatic heterocycles. The van der Waals surface area contributed by atoms with Crippen LogP contribution in [0.5, 0.6) is 5.75 Å². The summed E-state index contributed by atoms with van der Waals surface area (Å²) in [7, 11) is 1.54. The number of carbonyl (C=O) groups is 2. The van der Waals surface area contributed by atoms with E-state index < -0.39 is 11.9 Å². The van der Waals surface area contributed by atoms with Crippen LogP contribution in [0.2, 0.25) is 0 Å². The Kier molecular flexibility index (Phi) is 6.07. The Hall–Kier alpha value is -3.07. The summed E-state index contributed by atoms with van der Waals surface area (Å²) >= 11 is 3.44. The minimum absolute atomic E-state index is 0.264. The summed E-state index contributed by atoms with van der Waals surface area (Å²) in [5.74, 6) is 1.00. The number of carbonyl (C=O) groups excluding carboxylic acids is 2. The van der Waals surface area contributed by atoms with Gasteiger partial charge in [0.15, 0.2) is 5.82 Å². The van der Waals surface area contributed by atoms with Gasteiger partial charge in [-0.05, 0) is 32.0 Å². The number of rotatable bonds is 6. The first-order chi connectivity index (χ1) is 13.8. The van der Waals surface area contributed by atoms with E-state index in [0.717, 1.165) is 4.47 Å². The number of anilines is 1. The fourth-order valence-corrected chi connectivity index (χ4v) is 3.58. The van der Waals surface area contributed by atoms with Gasteiger partial charge in [0.2, 0.25) is 0 Å². The lowest BCUT2D eigenvalue weighted by atomic mass is 9.93. The molecule has 8 nitrogen and oxygen atoms in total. The number of allylic oxidation sites excluding steroid dienone is 1. The Morgan fingerprint density at radius 1 is 1.45 bits per heavy atom. The van der Waals surface area contributed by atoms with Gasteiger partial charge in [-0.2, -0.15) is 0 Å². The molecule has 0 fully saturated rings. The lowest BCUT2D eigenvalue weighted by molar-refractivity contribution is -0.113. The quantitative estimate of drug-likeness (QED) is 0.636. The van der Waals surface area contributed by atoms with Crippen molar-refractivity contribution < 1.29 is 18.8 Å². The third kappa shape index (κ3) is 4.19. The van der Waals surface area contributed by atoms with Gasteiger partial charge in [-0.25, -0.2) is 4.79 Å². The van der Waals surface area contributed by atoms with Crippen molar-refractivity contribution in [1.82, 2.24) is 15.4 Å². The van der Waals surface area contributed by atoms with Crippen molar-refractivity contribution in [3.8, 4) is 5.75 Å². The molecule has 1 aliphatic heterocycles. The summed E-state index contributed by atoms with van der Waals surface area (Å²) in [4.78, 5) is 27.4. The van der Waals surface area contributed by atoms with Crippen LogP contribution in [0, 0.1) is 6.92 Å². The van der Waals surface area contributed by atoms with Crippen LogP contribution >= 0.6 is 15.9 Å². The lowest BCUT2D eigenvalue weighted by Crippen LogP contribution is -2.48. The maximum absolute atomic E-state index is 13.2. The Morgan fingerprint density at radius 3 is 2.83 bits per heavy atom. The van der Waals surface area contributed by atoms with E-state index in [0.29, 0.717) is 34.2 Å². The molecule has 1 aromatic carbocycles. The predicted molar refractivity (Wildman–Crippen MR) is 111 cm³/mol. The number of urea groups is 1. The molecule has 9 heteroatoms. The van der Waals surface area contributed by atoms with Crippen LogP contribution in [0.3, 0.4) is 0 Å². The Bertz CT molecular complexity index is 998. The third-order valence-electron chi connectivity index (χ3n) is 4.52. The van der Waals surface area contributed by atoms with Gasteiger partial charge in [-0.15, -0.1) is 6.58 Å². The molecule has 3 amide bonds. The zero-order chi connectivity index (χ0) is 21.1. The number of halogens is 1. The number of hydrogen-bond acceptors (Lipinski definition) is 5. The first kappa shape index (κ1) is 20.7. The number of ether oxygens (including phenoxy) is 1. The zero-order valence-corrected chi connectivity index (χ0v) is 17.9. The molecular formula is C20H21BrN4O4. The SMILES string of the molecule is C=CCN1C(=O)N[C@@H](c2cc(Br)ccc2OC)C(C(=O)Nc2cc(C)on2)=C1C. The van der Waals surface area contributed by atoms with Gasteiger partial charge >= 0.3 is 6.03 Å². The van der Waals surface area contributed by atoms with Crippen LogP contribution in [0.4, 0.5) is 10.6 Å². The fourth-order valence-electron chi connectivity index (χ4n) is 3.20. The molecule has 0 saturated heterocycles. The summed E-state index contributed by atoms with van der Waals surface area (Å²) in [6, 6.07) is 5.98. The van der Waals surface area contributed by atoms with E-state index in [-0.39, 0.29) is 12.6 Å². The maximum atomic E-state index is 13.2. The van der Waals surface area contributed by atoms with Crippen molar-refractivity contribution in [3.05, 3.63) is 64.0 Å². The number of amides is 3.